The van der Waals surface area contributed by atoms with Gasteiger partial charge in [-0.2, -0.15) is 4.37 Å². The van der Waals surface area contributed by atoms with Crippen molar-refractivity contribution in [2.75, 3.05) is 0 Å². The Morgan fingerprint density at radius 3 is 2.57 bits per heavy atom. The summed E-state index contributed by atoms with van der Waals surface area (Å²) in [4.78, 5) is 4.26. The van der Waals surface area contributed by atoms with Gasteiger partial charge in [0, 0.05) is 5.56 Å². The molecule has 1 heterocycles. The number of hydrogen-bond donors (Lipinski definition) is 0. The smallest absolute Gasteiger partial charge is 0.173 e. The Morgan fingerprint density at radius 2 is 2.00 bits per heavy atom. The average Bonchev–Trinajstić information content (AvgIpc) is 2.57. The molecule has 0 aliphatic carbocycles. The van der Waals surface area contributed by atoms with E-state index in [4.69, 9.17) is 23.2 Å². The summed E-state index contributed by atoms with van der Waals surface area (Å²) in [6.07, 6.45) is 0. The minimum Gasteiger partial charge on any atom is -0.220 e. The lowest BCUT2D eigenvalue weighted by Crippen LogP contribution is -1.80. The van der Waals surface area contributed by atoms with Crippen LogP contribution in [0.4, 0.5) is 0 Å². The molecule has 0 unspecified atom stereocenters. The van der Waals surface area contributed by atoms with Crippen LogP contribution in [-0.4, -0.2) is 9.36 Å². The minimum absolute atomic E-state index is 0.525. The molecule has 0 aliphatic rings. The summed E-state index contributed by atoms with van der Waals surface area (Å²) in [6.45, 7) is 1.92. The van der Waals surface area contributed by atoms with Gasteiger partial charge in [-0.1, -0.05) is 23.2 Å². The third-order valence-corrected chi connectivity index (χ3v) is 3.06. The summed E-state index contributed by atoms with van der Waals surface area (Å²) < 4.78 is 4.19. The third-order valence-electron chi connectivity index (χ3n) is 1.71. The summed E-state index contributed by atoms with van der Waals surface area (Å²) in [7, 11) is 0. The quantitative estimate of drug-likeness (QED) is 0.763. The highest BCUT2D eigenvalue weighted by molar-refractivity contribution is 7.05. The van der Waals surface area contributed by atoms with Crippen molar-refractivity contribution in [3.05, 3.63) is 33.3 Å². The van der Waals surface area contributed by atoms with E-state index < -0.39 is 0 Å². The molecular weight excluding hydrogens is 239 g/mol. The molecule has 0 bridgehead atoms. The van der Waals surface area contributed by atoms with Gasteiger partial charge in [-0.15, -0.1) is 0 Å². The highest BCUT2D eigenvalue weighted by Gasteiger charge is 2.06. The lowest BCUT2D eigenvalue weighted by atomic mass is 10.2. The normalized spacial score (nSPS) is 10.5. The van der Waals surface area contributed by atoms with Crippen molar-refractivity contribution in [2.24, 2.45) is 0 Å². The first-order valence-electron chi connectivity index (χ1n) is 3.92. The van der Waals surface area contributed by atoms with E-state index >= 15 is 0 Å². The Labute approximate surface area is 95.7 Å². The molecule has 0 saturated heterocycles. The van der Waals surface area contributed by atoms with Crippen molar-refractivity contribution >= 4 is 34.7 Å². The molecule has 1 aromatic carbocycles. The molecular formula is C9H6Cl2N2S. The molecule has 0 spiro atoms. The van der Waals surface area contributed by atoms with Crippen LogP contribution in [-0.2, 0) is 0 Å². The van der Waals surface area contributed by atoms with Crippen LogP contribution in [0.5, 0.6) is 0 Å². The van der Waals surface area contributed by atoms with Crippen LogP contribution < -0.4 is 0 Å². The maximum atomic E-state index is 5.89. The van der Waals surface area contributed by atoms with Gasteiger partial charge in [0.2, 0.25) is 0 Å². The van der Waals surface area contributed by atoms with Gasteiger partial charge in [-0.05, 0) is 36.7 Å². The van der Waals surface area contributed by atoms with Crippen LogP contribution in [0.2, 0.25) is 10.0 Å². The van der Waals surface area contributed by atoms with Gasteiger partial charge < -0.3 is 0 Å². The average molecular weight is 245 g/mol. The SMILES string of the molecule is Cc1nc(-c2ccc(Cl)c(Cl)c2)ns1. The van der Waals surface area contributed by atoms with Crippen LogP contribution in [0.1, 0.15) is 5.01 Å². The number of benzene rings is 1. The Balaban J connectivity index is 2.47. The van der Waals surface area contributed by atoms with Gasteiger partial charge in [-0.25, -0.2) is 4.98 Å². The fourth-order valence-corrected chi connectivity index (χ4v) is 1.84. The number of nitrogens with zero attached hydrogens (tertiary/aromatic N) is 2. The largest absolute Gasteiger partial charge is 0.220 e. The Hall–Kier alpha value is -0.640. The van der Waals surface area contributed by atoms with E-state index in [2.05, 4.69) is 9.36 Å². The molecule has 0 aliphatic heterocycles. The number of aryl methyl sites for hydroxylation is 1. The number of rotatable bonds is 1. The summed E-state index contributed by atoms with van der Waals surface area (Å²) in [5.41, 5.74) is 0.892. The molecule has 0 atom stereocenters. The van der Waals surface area contributed by atoms with Gasteiger partial charge in [0.1, 0.15) is 5.01 Å². The Morgan fingerprint density at radius 1 is 1.21 bits per heavy atom. The summed E-state index contributed by atoms with van der Waals surface area (Å²) in [6, 6.07) is 5.37. The molecule has 0 radical (unpaired) electrons. The molecule has 14 heavy (non-hydrogen) atoms. The lowest BCUT2D eigenvalue weighted by Gasteiger charge is -1.97. The fraction of sp³-hybridized carbons (Fsp3) is 0.111. The first-order valence-corrected chi connectivity index (χ1v) is 5.45. The molecule has 72 valence electrons. The molecule has 0 saturated carbocycles. The van der Waals surface area contributed by atoms with E-state index in [-0.39, 0.29) is 0 Å². The van der Waals surface area contributed by atoms with Crippen molar-refractivity contribution < 1.29 is 0 Å². The summed E-state index contributed by atoms with van der Waals surface area (Å²) >= 11 is 13.1. The van der Waals surface area contributed by atoms with Gasteiger partial charge in [0.15, 0.2) is 5.82 Å². The molecule has 2 aromatic rings. The molecule has 0 fully saturated rings. The van der Waals surface area contributed by atoms with Crippen molar-refractivity contribution in [1.29, 1.82) is 0 Å². The fourth-order valence-electron chi connectivity index (χ4n) is 1.05. The van der Waals surface area contributed by atoms with Crippen molar-refractivity contribution in [1.82, 2.24) is 9.36 Å². The van der Waals surface area contributed by atoms with E-state index in [9.17, 15) is 0 Å². The molecule has 5 heteroatoms. The van der Waals surface area contributed by atoms with Crippen molar-refractivity contribution in [3.8, 4) is 11.4 Å². The van der Waals surface area contributed by atoms with Crippen LogP contribution in [0.25, 0.3) is 11.4 Å². The summed E-state index contributed by atoms with van der Waals surface area (Å²) in [5.74, 6) is 0.700. The van der Waals surface area contributed by atoms with Crippen molar-refractivity contribution in [2.45, 2.75) is 6.92 Å². The lowest BCUT2D eigenvalue weighted by molar-refractivity contribution is 1.26. The van der Waals surface area contributed by atoms with Gasteiger partial charge in [0.05, 0.1) is 10.0 Å². The van der Waals surface area contributed by atoms with Crippen LogP contribution in [0.3, 0.4) is 0 Å². The maximum Gasteiger partial charge on any atom is 0.173 e. The summed E-state index contributed by atoms with van der Waals surface area (Å²) in [5, 5.41) is 2.00. The molecule has 0 N–H and O–H groups in total. The number of halogens is 2. The monoisotopic (exact) mass is 244 g/mol. The number of hydrogen-bond acceptors (Lipinski definition) is 3. The molecule has 2 nitrogen and oxygen atoms in total. The predicted octanol–water partition coefficient (Wildman–Crippen LogP) is 3.82. The van der Waals surface area contributed by atoms with Crippen molar-refractivity contribution in [3.63, 3.8) is 0 Å². The third kappa shape index (κ3) is 1.90. The predicted molar refractivity (Wildman–Crippen MR) is 60.1 cm³/mol. The second-order valence-corrected chi connectivity index (χ2v) is 4.54. The Kier molecular flexibility index (Phi) is 2.72. The van der Waals surface area contributed by atoms with E-state index in [0.29, 0.717) is 15.9 Å². The van der Waals surface area contributed by atoms with Gasteiger partial charge in [0.25, 0.3) is 0 Å². The highest BCUT2D eigenvalue weighted by atomic mass is 35.5. The maximum absolute atomic E-state index is 5.89. The van der Waals surface area contributed by atoms with Gasteiger partial charge >= 0.3 is 0 Å². The van der Waals surface area contributed by atoms with E-state index in [1.165, 1.54) is 11.5 Å². The zero-order chi connectivity index (χ0) is 10.1. The number of aromatic nitrogens is 2. The van der Waals surface area contributed by atoms with Crippen LogP contribution in [0.15, 0.2) is 18.2 Å². The van der Waals surface area contributed by atoms with E-state index in [0.717, 1.165) is 10.6 Å². The highest BCUT2D eigenvalue weighted by Crippen LogP contribution is 2.27. The zero-order valence-corrected chi connectivity index (χ0v) is 9.62. The van der Waals surface area contributed by atoms with Gasteiger partial charge in [-0.3, -0.25) is 0 Å². The second-order valence-electron chi connectivity index (χ2n) is 2.77. The zero-order valence-electron chi connectivity index (χ0n) is 7.29. The first kappa shape index (κ1) is 9.90. The molecule has 0 amide bonds. The Bertz CT molecular complexity index is 468. The standard InChI is InChI=1S/C9H6Cl2N2S/c1-5-12-9(13-14-5)6-2-3-7(10)8(11)4-6/h2-4H,1H3. The molecule has 1 aromatic heterocycles. The van der Waals surface area contributed by atoms with Crippen LogP contribution in [0, 0.1) is 6.92 Å². The first-order chi connectivity index (χ1) is 6.66. The topological polar surface area (TPSA) is 25.8 Å². The minimum atomic E-state index is 0.525. The van der Waals surface area contributed by atoms with E-state index in [1.54, 1.807) is 12.1 Å². The second kappa shape index (κ2) is 3.85. The molecule has 2 rings (SSSR count). The van der Waals surface area contributed by atoms with E-state index in [1.807, 2.05) is 13.0 Å². The van der Waals surface area contributed by atoms with Crippen LogP contribution >= 0.6 is 34.7 Å².